The van der Waals surface area contributed by atoms with Gasteiger partial charge in [0.15, 0.2) is 5.82 Å². The predicted molar refractivity (Wildman–Crippen MR) is 92.2 cm³/mol. The van der Waals surface area contributed by atoms with E-state index in [1.807, 2.05) is 0 Å². The SMILES string of the molecule is O=C(c1cnc(NS(=O)[O-])cn1)N1CCN(Cc2ccc(F)cc2)CC1. The second kappa shape index (κ2) is 8.30. The van der Waals surface area contributed by atoms with Crippen molar-refractivity contribution in [1.82, 2.24) is 19.8 Å². The van der Waals surface area contributed by atoms with Gasteiger partial charge in [0.25, 0.3) is 5.91 Å². The lowest BCUT2D eigenvalue weighted by molar-refractivity contribution is 0.0622. The van der Waals surface area contributed by atoms with Crippen molar-refractivity contribution in [2.45, 2.75) is 6.54 Å². The first kappa shape index (κ1) is 18.4. The summed E-state index contributed by atoms with van der Waals surface area (Å²) >= 11 is -2.48. The Bertz CT molecular complexity index is 779. The second-order valence-electron chi connectivity index (χ2n) is 5.82. The molecule has 1 aliphatic rings. The maximum atomic E-state index is 13.0. The van der Waals surface area contributed by atoms with Gasteiger partial charge in [0, 0.05) is 44.0 Å². The van der Waals surface area contributed by atoms with Gasteiger partial charge in [-0.15, -0.1) is 0 Å². The van der Waals surface area contributed by atoms with Gasteiger partial charge in [-0.1, -0.05) is 12.1 Å². The van der Waals surface area contributed by atoms with Gasteiger partial charge in [-0.3, -0.25) is 18.6 Å². The summed E-state index contributed by atoms with van der Waals surface area (Å²) in [6, 6.07) is 6.39. The van der Waals surface area contributed by atoms with Gasteiger partial charge in [0.1, 0.15) is 11.5 Å². The molecule has 0 spiro atoms. The zero-order chi connectivity index (χ0) is 18.5. The van der Waals surface area contributed by atoms with Crippen molar-refractivity contribution in [2.24, 2.45) is 0 Å². The lowest BCUT2D eigenvalue weighted by Gasteiger charge is -2.34. The maximum absolute atomic E-state index is 13.0. The molecule has 0 saturated carbocycles. The fourth-order valence-electron chi connectivity index (χ4n) is 2.70. The molecule has 8 nitrogen and oxygen atoms in total. The van der Waals surface area contributed by atoms with E-state index in [1.165, 1.54) is 24.5 Å². The monoisotopic (exact) mass is 378 g/mol. The van der Waals surface area contributed by atoms with Crippen LogP contribution < -0.4 is 4.72 Å². The Balaban J connectivity index is 1.53. The van der Waals surface area contributed by atoms with Crippen molar-refractivity contribution in [3.05, 3.63) is 53.7 Å². The molecule has 3 rings (SSSR count). The highest BCUT2D eigenvalue weighted by molar-refractivity contribution is 7.80. The van der Waals surface area contributed by atoms with Gasteiger partial charge in [-0.25, -0.2) is 14.4 Å². The van der Waals surface area contributed by atoms with Crippen LogP contribution in [0.15, 0.2) is 36.7 Å². The third-order valence-electron chi connectivity index (χ3n) is 4.04. The van der Waals surface area contributed by atoms with Gasteiger partial charge in [0.2, 0.25) is 0 Å². The van der Waals surface area contributed by atoms with Crippen LogP contribution in [0.25, 0.3) is 0 Å². The lowest BCUT2D eigenvalue weighted by Crippen LogP contribution is -2.48. The van der Waals surface area contributed by atoms with E-state index in [1.54, 1.807) is 17.0 Å². The quantitative estimate of drug-likeness (QED) is 0.772. The summed E-state index contributed by atoms with van der Waals surface area (Å²) in [5.74, 6) is -0.444. The van der Waals surface area contributed by atoms with E-state index in [-0.39, 0.29) is 23.2 Å². The van der Waals surface area contributed by atoms with Crippen molar-refractivity contribution < 1.29 is 17.9 Å². The van der Waals surface area contributed by atoms with Gasteiger partial charge in [0.05, 0.1) is 12.4 Å². The van der Waals surface area contributed by atoms with Crippen LogP contribution in [-0.2, 0) is 17.8 Å². The number of nitrogens with zero attached hydrogens (tertiary/aromatic N) is 4. The van der Waals surface area contributed by atoms with Crippen LogP contribution in [0.5, 0.6) is 0 Å². The smallest absolute Gasteiger partial charge is 0.274 e. The number of carbonyl (C=O) groups excluding carboxylic acids is 1. The molecule has 10 heteroatoms. The summed E-state index contributed by atoms with van der Waals surface area (Å²) in [6.45, 7) is 3.20. The maximum Gasteiger partial charge on any atom is 0.274 e. The van der Waals surface area contributed by atoms with Gasteiger partial charge < -0.3 is 9.45 Å². The number of carbonyl (C=O) groups is 1. The molecule has 0 radical (unpaired) electrons. The number of rotatable bonds is 5. The van der Waals surface area contributed by atoms with Gasteiger partial charge in [-0.2, -0.15) is 0 Å². The van der Waals surface area contributed by atoms with Crippen LogP contribution in [0.2, 0.25) is 0 Å². The fraction of sp³-hybridized carbons (Fsp3) is 0.312. The Morgan fingerprint density at radius 2 is 1.85 bits per heavy atom. The summed E-state index contributed by atoms with van der Waals surface area (Å²) in [5.41, 5.74) is 1.19. The average Bonchev–Trinajstić information content (AvgIpc) is 2.64. The van der Waals surface area contributed by atoms with E-state index in [0.717, 1.165) is 5.56 Å². The molecule has 26 heavy (non-hydrogen) atoms. The van der Waals surface area contributed by atoms with Crippen molar-refractivity contribution in [3.63, 3.8) is 0 Å². The largest absolute Gasteiger partial charge is 0.755 e. The number of nitrogens with one attached hydrogen (secondary N) is 1. The van der Waals surface area contributed by atoms with Crippen LogP contribution >= 0.6 is 0 Å². The summed E-state index contributed by atoms with van der Waals surface area (Å²) < 4.78 is 36.1. The molecule has 1 aromatic carbocycles. The molecule has 138 valence electrons. The predicted octanol–water partition coefficient (Wildman–Crippen LogP) is 0.780. The zero-order valence-electron chi connectivity index (χ0n) is 13.8. The molecule has 1 fully saturated rings. The number of anilines is 1. The number of hydrogen-bond donors (Lipinski definition) is 1. The first-order valence-electron chi connectivity index (χ1n) is 7.95. The van der Waals surface area contributed by atoms with Gasteiger partial charge in [-0.05, 0) is 17.7 Å². The number of hydrogen-bond acceptors (Lipinski definition) is 6. The van der Waals surface area contributed by atoms with E-state index < -0.39 is 11.3 Å². The minimum absolute atomic E-state index is 0.0546. The normalized spacial score (nSPS) is 16.3. The molecule has 2 aromatic rings. The average molecular weight is 378 g/mol. The van der Waals surface area contributed by atoms with E-state index in [4.69, 9.17) is 0 Å². The number of amides is 1. The van der Waals surface area contributed by atoms with E-state index in [2.05, 4.69) is 19.6 Å². The van der Waals surface area contributed by atoms with E-state index in [9.17, 15) is 17.9 Å². The third-order valence-corrected chi connectivity index (χ3v) is 4.41. The van der Waals surface area contributed by atoms with E-state index in [0.29, 0.717) is 32.7 Å². The molecule has 0 bridgehead atoms. The Labute approximate surface area is 152 Å². The van der Waals surface area contributed by atoms with Crippen LogP contribution in [0.4, 0.5) is 10.2 Å². The van der Waals surface area contributed by atoms with Crippen molar-refractivity contribution in [2.75, 3.05) is 30.9 Å². The standard InChI is InChI=1S/C16H18FN5O3S/c17-13-3-1-12(2-4-13)11-21-5-7-22(8-6-21)16(23)14-9-19-15(10-18-14)20-26(24)25/h1-4,9-10H,5-8,11H2,(H,19,20)(H,24,25)/p-1. The number of benzene rings is 1. The lowest BCUT2D eigenvalue weighted by atomic mass is 10.2. The molecule has 0 aliphatic carbocycles. The number of aromatic nitrogens is 2. The number of piperazine rings is 1. The highest BCUT2D eigenvalue weighted by Crippen LogP contribution is 2.12. The van der Waals surface area contributed by atoms with Crippen LogP contribution in [0.1, 0.15) is 16.1 Å². The first-order chi connectivity index (χ1) is 12.5. The summed E-state index contributed by atoms with van der Waals surface area (Å²) in [6.07, 6.45) is 2.45. The Morgan fingerprint density at radius 3 is 2.42 bits per heavy atom. The number of halogens is 1. The topological polar surface area (TPSA) is 101 Å². The van der Waals surface area contributed by atoms with E-state index >= 15 is 0 Å². The first-order valence-corrected chi connectivity index (χ1v) is 9.03. The third kappa shape index (κ3) is 4.81. The van der Waals surface area contributed by atoms with Crippen molar-refractivity contribution >= 4 is 23.0 Å². The summed E-state index contributed by atoms with van der Waals surface area (Å²) in [4.78, 5) is 24.2. The molecule has 1 aromatic heterocycles. The minimum atomic E-state index is -2.48. The van der Waals surface area contributed by atoms with Crippen molar-refractivity contribution in [3.8, 4) is 0 Å². The second-order valence-corrected chi connectivity index (χ2v) is 6.49. The molecule has 1 aliphatic heterocycles. The minimum Gasteiger partial charge on any atom is -0.755 e. The fourth-order valence-corrected chi connectivity index (χ4v) is 2.97. The molecule has 1 saturated heterocycles. The molecular formula is C16H17FN5O3S-. The molecular weight excluding hydrogens is 361 g/mol. The molecule has 1 N–H and O–H groups in total. The van der Waals surface area contributed by atoms with Gasteiger partial charge >= 0.3 is 0 Å². The Kier molecular flexibility index (Phi) is 5.86. The van der Waals surface area contributed by atoms with Crippen LogP contribution in [-0.4, -0.2) is 60.6 Å². The molecule has 1 atom stereocenters. The molecule has 1 unspecified atom stereocenters. The highest BCUT2D eigenvalue weighted by Gasteiger charge is 2.23. The Morgan fingerprint density at radius 1 is 1.15 bits per heavy atom. The zero-order valence-corrected chi connectivity index (χ0v) is 14.6. The summed E-state index contributed by atoms with van der Waals surface area (Å²) in [7, 11) is 0. The highest BCUT2D eigenvalue weighted by atomic mass is 32.2. The summed E-state index contributed by atoms with van der Waals surface area (Å²) in [5, 5.41) is 0. The molecule has 1 amide bonds. The Hall–Kier alpha value is -2.43. The van der Waals surface area contributed by atoms with Crippen LogP contribution in [0.3, 0.4) is 0 Å². The molecule has 2 heterocycles. The van der Waals surface area contributed by atoms with Crippen LogP contribution in [0, 0.1) is 5.82 Å². The van der Waals surface area contributed by atoms with Crippen molar-refractivity contribution in [1.29, 1.82) is 0 Å².